The zero-order chi connectivity index (χ0) is 19.1. The molecule has 0 aromatic heterocycles. The summed E-state index contributed by atoms with van der Waals surface area (Å²) in [7, 11) is 1.58. The fourth-order valence-electron chi connectivity index (χ4n) is 3.86. The number of rotatable bonds is 2. The molecule has 2 unspecified atom stereocenters. The SMILES string of the molecule is COc1ccc2c(c1)CCN(C(=O)C1CCCN1C(=O)C(F)(F)F)C2C. The smallest absolute Gasteiger partial charge is 0.471 e. The van der Waals surface area contributed by atoms with Crippen molar-refractivity contribution in [3.63, 3.8) is 0 Å². The Kier molecular flexibility index (Phi) is 4.86. The highest BCUT2D eigenvalue weighted by Crippen LogP contribution is 2.34. The first-order valence-corrected chi connectivity index (χ1v) is 8.59. The van der Waals surface area contributed by atoms with Gasteiger partial charge in [-0.3, -0.25) is 9.59 Å². The van der Waals surface area contributed by atoms with Gasteiger partial charge in [-0.2, -0.15) is 13.2 Å². The van der Waals surface area contributed by atoms with Gasteiger partial charge >= 0.3 is 12.1 Å². The van der Waals surface area contributed by atoms with E-state index in [0.29, 0.717) is 24.3 Å². The molecule has 0 spiro atoms. The van der Waals surface area contributed by atoms with Gasteiger partial charge in [0.05, 0.1) is 13.2 Å². The molecule has 2 aliphatic rings. The van der Waals surface area contributed by atoms with Crippen molar-refractivity contribution in [2.75, 3.05) is 20.2 Å². The lowest BCUT2D eigenvalue weighted by Gasteiger charge is -2.38. The van der Waals surface area contributed by atoms with Crippen molar-refractivity contribution < 1.29 is 27.5 Å². The van der Waals surface area contributed by atoms with Crippen molar-refractivity contribution in [3.8, 4) is 5.75 Å². The van der Waals surface area contributed by atoms with Gasteiger partial charge in [0.25, 0.3) is 0 Å². The third-order valence-corrected chi connectivity index (χ3v) is 5.21. The van der Waals surface area contributed by atoms with Crippen LogP contribution in [-0.4, -0.2) is 54.0 Å². The van der Waals surface area contributed by atoms with E-state index < -0.39 is 24.0 Å². The third kappa shape index (κ3) is 3.24. The molecule has 142 valence electrons. The number of amides is 2. The summed E-state index contributed by atoms with van der Waals surface area (Å²) in [5.74, 6) is -1.61. The van der Waals surface area contributed by atoms with E-state index >= 15 is 0 Å². The van der Waals surface area contributed by atoms with Crippen LogP contribution in [0.5, 0.6) is 5.75 Å². The number of alkyl halides is 3. The van der Waals surface area contributed by atoms with Crippen LogP contribution in [0.1, 0.15) is 36.9 Å². The predicted molar refractivity (Wildman–Crippen MR) is 87.6 cm³/mol. The van der Waals surface area contributed by atoms with Crippen LogP contribution in [-0.2, 0) is 16.0 Å². The van der Waals surface area contributed by atoms with E-state index in [1.165, 1.54) is 0 Å². The Bertz CT molecular complexity index is 720. The number of halogens is 3. The fourth-order valence-corrected chi connectivity index (χ4v) is 3.86. The monoisotopic (exact) mass is 370 g/mol. The highest BCUT2D eigenvalue weighted by atomic mass is 19.4. The maximum atomic E-state index is 12.9. The second-order valence-corrected chi connectivity index (χ2v) is 6.68. The molecule has 3 rings (SSSR count). The minimum Gasteiger partial charge on any atom is -0.497 e. The molecule has 1 aromatic carbocycles. The molecule has 2 amide bonds. The number of nitrogens with zero attached hydrogens (tertiary/aromatic N) is 2. The lowest BCUT2D eigenvalue weighted by molar-refractivity contribution is -0.187. The molecule has 2 heterocycles. The second-order valence-electron chi connectivity index (χ2n) is 6.68. The number of hydrogen-bond acceptors (Lipinski definition) is 3. The molecule has 2 aliphatic heterocycles. The zero-order valence-corrected chi connectivity index (χ0v) is 14.7. The van der Waals surface area contributed by atoms with Crippen LogP contribution >= 0.6 is 0 Å². The summed E-state index contributed by atoms with van der Waals surface area (Å²) in [4.78, 5) is 26.8. The summed E-state index contributed by atoms with van der Waals surface area (Å²) in [5, 5.41) is 0. The van der Waals surface area contributed by atoms with Gasteiger partial charge in [-0.15, -0.1) is 0 Å². The maximum absolute atomic E-state index is 12.9. The highest BCUT2D eigenvalue weighted by Gasteiger charge is 2.48. The number of likely N-dealkylation sites (tertiary alicyclic amines) is 1. The summed E-state index contributed by atoms with van der Waals surface area (Å²) in [6.07, 6.45) is -3.70. The topological polar surface area (TPSA) is 49.9 Å². The van der Waals surface area contributed by atoms with E-state index in [9.17, 15) is 22.8 Å². The lowest BCUT2D eigenvalue weighted by Crippen LogP contribution is -2.52. The van der Waals surface area contributed by atoms with Crippen LogP contribution in [0.25, 0.3) is 0 Å². The molecule has 0 N–H and O–H groups in total. The molecule has 1 saturated heterocycles. The molecule has 0 radical (unpaired) electrons. The maximum Gasteiger partial charge on any atom is 0.471 e. The first kappa shape index (κ1) is 18.5. The molecule has 26 heavy (non-hydrogen) atoms. The molecule has 8 heteroatoms. The Morgan fingerprint density at radius 1 is 1.19 bits per heavy atom. The van der Waals surface area contributed by atoms with E-state index in [2.05, 4.69) is 0 Å². The lowest BCUT2D eigenvalue weighted by atomic mass is 9.92. The van der Waals surface area contributed by atoms with E-state index in [-0.39, 0.29) is 19.0 Å². The van der Waals surface area contributed by atoms with Gasteiger partial charge in [0.2, 0.25) is 5.91 Å². The van der Waals surface area contributed by atoms with Crippen LogP contribution in [0.15, 0.2) is 18.2 Å². The van der Waals surface area contributed by atoms with Gasteiger partial charge in [-0.1, -0.05) is 6.07 Å². The van der Waals surface area contributed by atoms with Crippen molar-refractivity contribution in [2.24, 2.45) is 0 Å². The molecule has 0 bridgehead atoms. The van der Waals surface area contributed by atoms with Gasteiger partial charge in [0.1, 0.15) is 11.8 Å². The van der Waals surface area contributed by atoms with Gasteiger partial charge in [0.15, 0.2) is 0 Å². The Labute approximate surface area is 149 Å². The van der Waals surface area contributed by atoms with Crippen LogP contribution in [0.4, 0.5) is 13.2 Å². The molecular formula is C18H21F3N2O3. The number of hydrogen-bond donors (Lipinski definition) is 0. The molecule has 0 saturated carbocycles. The summed E-state index contributed by atoms with van der Waals surface area (Å²) in [6.45, 7) is 2.22. The molecule has 0 aliphatic carbocycles. The third-order valence-electron chi connectivity index (χ3n) is 5.21. The number of benzene rings is 1. The highest BCUT2D eigenvalue weighted by molar-refractivity contribution is 5.90. The van der Waals surface area contributed by atoms with Crippen LogP contribution in [0.2, 0.25) is 0 Å². The molecular weight excluding hydrogens is 349 g/mol. The van der Waals surface area contributed by atoms with Crippen LogP contribution < -0.4 is 4.74 Å². The molecule has 5 nitrogen and oxygen atoms in total. The first-order chi connectivity index (χ1) is 12.2. The Morgan fingerprint density at radius 2 is 1.92 bits per heavy atom. The van der Waals surface area contributed by atoms with Gasteiger partial charge in [-0.05, 0) is 49.4 Å². The van der Waals surface area contributed by atoms with Crippen molar-refractivity contribution >= 4 is 11.8 Å². The van der Waals surface area contributed by atoms with Gasteiger partial charge in [-0.25, -0.2) is 0 Å². The average molecular weight is 370 g/mol. The second kappa shape index (κ2) is 6.81. The Hall–Kier alpha value is -2.25. The van der Waals surface area contributed by atoms with Crippen LogP contribution in [0.3, 0.4) is 0 Å². The van der Waals surface area contributed by atoms with Crippen molar-refractivity contribution in [1.82, 2.24) is 9.80 Å². The quantitative estimate of drug-likeness (QED) is 0.804. The van der Waals surface area contributed by atoms with Gasteiger partial charge < -0.3 is 14.5 Å². The van der Waals surface area contributed by atoms with Crippen molar-refractivity contribution in [2.45, 2.75) is 44.4 Å². The number of ether oxygens (including phenoxy) is 1. The number of methoxy groups -OCH3 is 1. The molecule has 2 atom stereocenters. The summed E-state index contributed by atoms with van der Waals surface area (Å²) < 4.78 is 43.6. The predicted octanol–water partition coefficient (Wildman–Crippen LogP) is 2.69. The van der Waals surface area contributed by atoms with E-state index in [1.807, 2.05) is 19.1 Å². The largest absolute Gasteiger partial charge is 0.497 e. The minimum atomic E-state index is -4.96. The molecule has 1 aromatic rings. The standard InChI is InChI=1S/C18H21F3N2O3/c1-11-14-6-5-13(26-2)10-12(14)7-9-22(11)16(24)15-4-3-8-23(15)17(25)18(19,20)21/h5-6,10-11,15H,3-4,7-9H2,1-2H3. The Morgan fingerprint density at radius 3 is 2.58 bits per heavy atom. The Balaban J connectivity index is 1.80. The fraction of sp³-hybridized carbons (Fsp3) is 0.556. The molecule has 1 fully saturated rings. The number of carbonyl (C=O) groups excluding carboxylic acids is 2. The number of carbonyl (C=O) groups is 2. The normalized spacial score (nSPS) is 23.0. The van der Waals surface area contributed by atoms with Crippen molar-refractivity contribution in [3.05, 3.63) is 29.3 Å². The summed E-state index contributed by atoms with van der Waals surface area (Å²) >= 11 is 0. The van der Waals surface area contributed by atoms with E-state index in [0.717, 1.165) is 16.9 Å². The minimum absolute atomic E-state index is 0.0369. The first-order valence-electron chi connectivity index (χ1n) is 8.59. The van der Waals surface area contributed by atoms with Crippen LogP contribution in [0, 0.1) is 0 Å². The van der Waals surface area contributed by atoms with E-state index in [1.54, 1.807) is 18.1 Å². The van der Waals surface area contributed by atoms with E-state index in [4.69, 9.17) is 4.74 Å². The zero-order valence-electron chi connectivity index (χ0n) is 14.7. The van der Waals surface area contributed by atoms with Crippen molar-refractivity contribution in [1.29, 1.82) is 0 Å². The van der Waals surface area contributed by atoms with Gasteiger partial charge in [0, 0.05) is 13.1 Å². The summed E-state index contributed by atoms with van der Waals surface area (Å²) in [6, 6.07) is 4.30. The average Bonchev–Trinajstić information content (AvgIpc) is 3.09. The number of fused-ring (bicyclic) bond motifs is 1. The summed E-state index contributed by atoms with van der Waals surface area (Å²) in [5.41, 5.74) is 2.02.